The molecule has 10 heteroatoms. The minimum absolute atomic E-state index is 0.0365. The number of ether oxygens (including phenoxy) is 2. The zero-order valence-electron chi connectivity index (χ0n) is 66.8. The number of carbonyl (C=O) groups excluding carboxylic acids is 2. The van der Waals surface area contributed by atoms with E-state index in [0.29, 0.717) is 17.4 Å². The summed E-state index contributed by atoms with van der Waals surface area (Å²) in [6.45, 7) is 4.53. The van der Waals surface area contributed by atoms with E-state index in [1.54, 1.807) is 0 Å². The summed E-state index contributed by atoms with van der Waals surface area (Å²) in [6.07, 6.45) is 104. The maximum atomic E-state index is 12.9. The highest BCUT2D eigenvalue weighted by atomic mass is 31.2. The minimum Gasteiger partial charge on any atom is -0.462 e. The molecule has 0 amide bonds. The molecule has 0 spiro atoms. The van der Waals surface area contributed by atoms with Crippen molar-refractivity contribution in [2.45, 2.75) is 482 Å². The topological polar surface area (TPSA) is 108 Å². The van der Waals surface area contributed by atoms with Crippen LogP contribution < -0.4 is 0 Å². The Hall–Kier alpha value is -1.51. The van der Waals surface area contributed by atoms with Crippen LogP contribution in [-0.4, -0.2) is 74.9 Å². The molecule has 0 heterocycles. The summed E-state index contributed by atoms with van der Waals surface area (Å²) < 4.78 is 34.9. The van der Waals surface area contributed by atoms with Crippen molar-refractivity contribution in [2.24, 2.45) is 0 Å². The summed E-state index contributed by atoms with van der Waals surface area (Å²) in [5.41, 5.74) is 0. The van der Waals surface area contributed by atoms with Gasteiger partial charge in [0.1, 0.15) is 19.8 Å². The van der Waals surface area contributed by atoms with E-state index in [1.165, 1.54) is 411 Å². The van der Waals surface area contributed by atoms with Gasteiger partial charge in [0.25, 0.3) is 0 Å². The molecule has 0 aliphatic rings. The Balaban J connectivity index is 3.84. The predicted octanol–water partition coefficient (Wildman–Crippen LogP) is 29.5. The molecule has 98 heavy (non-hydrogen) atoms. The first kappa shape index (κ1) is 96.5. The Morgan fingerprint density at radius 2 is 0.520 bits per heavy atom. The average molecular weight is 1400 g/mol. The second-order valence-electron chi connectivity index (χ2n) is 31.6. The molecule has 582 valence electrons. The summed E-state index contributed by atoms with van der Waals surface area (Å²) in [5, 5.41) is 0. The minimum atomic E-state index is -4.39. The maximum Gasteiger partial charge on any atom is 0.472 e. The van der Waals surface area contributed by atoms with Crippen molar-refractivity contribution in [3.8, 4) is 0 Å². The molecule has 2 unspecified atom stereocenters. The number of rotatable bonds is 84. The fourth-order valence-corrected chi connectivity index (χ4v) is 14.5. The highest BCUT2D eigenvalue weighted by molar-refractivity contribution is 7.47. The maximum absolute atomic E-state index is 12.9. The van der Waals surface area contributed by atoms with E-state index in [1.807, 2.05) is 21.1 Å². The molecule has 0 fully saturated rings. The van der Waals surface area contributed by atoms with Crippen LogP contribution in [0.5, 0.6) is 0 Å². The summed E-state index contributed by atoms with van der Waals surface area (Å²) in [4.78, 5) is 36.0. The van der Waals surface area contributed by atoms with E-state index >= 15 is 0 Å². The Morgan fingerprint density at radius 3 is 0.755 bits per heavy atom. The van der Waals surface area contributed by atoms with Gasteiger partial charge in [-0.1, -0.05) is 423 Å². The SMILES string of the molecule is CCCCCCCCCC/C=C\CCCCCCCCCCCCCCCCCCCCCCCCCCCCCCCC(=O)OC(COC(=O)CCCCCCCCCCCCCCCCCCCCCCC/C=C\CCCCCCCCCC)COP(=O)(O)OCC[N+](C)(C)C. The first-order chi connectivity index (χ1) is 48.0. The van der Waals surface area contributed by atoms with Crippen LogP contribution in [0.15, 0.2) is 24.3 Å². The molecule has 2 atom stereocenters. The molecular weight excluding hydrogens is 1230 g/mol. The molecular formula is C88H173NO8P+. The summed E-state index contributed by atoms with van der Waals surface area (Å²) in [5.74, 6) is -0.766. The second-order valence-corrected chi connectivity index (χ2v) is 33.1. The lowest BCUT2D eigenvalue weighted by Crippen LogP contribution is -2.37. The number of quaternary nitrogens is 1. The number of hydrogen-bond donors (Lipinski definition) is 1. The van der Waals surface area contributed by atoms with Gasteiger partial charge in [-0.25, -0.2) is 4.57 Å². The van der Waals surface area contributed by atoms with Gasteiger partial charge in [0.2, 0.25) is 0 Å². The zero-order chi connectivity index (χ0) is 71.1. The lowest BCUT2D eigenvalue weighted by molar-refractivity contribution is -0.870. The molecule has 9 nitrogen and oxygen atoms in total. The third-order valence-electron chi connectivity index (χ3n) is 20.5. The number of esters is 2. The zero-order valence-corrected chi connectivity index (χ0v) is 67.7. The number of hydrogen-bond acceptors (Lipinski definition) is 7. The summed E-state index contributed by atoms with van der Waals surface area (Å²) >= 11 is 0. The lowest BCUT2D eigenvalue weighted by atomic mass is 10.0. The van der Waals surface area contributed by atoms with Crippen LogP contribution in [0.25, 0.3) is 0 Å². The largest absolute Gasteiger partial charge is 0.472 e. The van der Waals surface area contributed by atoms with Crippen LogP contribution in [0.2, 0.25) is 0 Å². The van der Waals surface area contributed by atoms with Gasteiger partial charge in [0.15, 0.2) is 6.10 Å². The van der Waals surface area contributed by atoms with Crippen molar-refractivity contribution < 1.29 is 42.1 Å². The van der Waals surface area contributed by atoms with Crippen molar-refractivity contribution in [3.63, 3.8) is 0 Å². The van der Waals surface area contributed by atoms with Crippen LogP contribution in [0, 0.1) is 0 Å². The number of likely N-dealkylation sites (N-methyl/N-ethyl adjacent to an activating group) is 1. The van der Waals surface area contributed by atoms with Gasteiger partial charge in [-0.2, -0.15) is 0 Å². The Labute approximate surface area is 612 Å². The molecule has 1 N–H and O–H groups in total. The fourth-order valence-electron chi connectivity index (χ4n) is 13.7. The Kier molecular flexibility index (Phi) is 78.4. The quantitative estimate of drug-likeness (QED) is 0.0211. The highest BCUT2D eigenvalue weighted by Gasteiger charge is 2.27. The number of phosphoric ester groups is 1. The number of unbranched alkanes of at least 4 members (excludes halogenated alkanes) is 66. The fraction of sp³-hybridized carbons (Fsp3) is 0.932. The van der Waals surface area contributed by atoms with Gasteiger partial charge in [0.05, 0.1) is 27.7 Å². The summed E-state index contributed by atoms with van der Waals surface area (Å²) in [6, 6.07) is 0. The third kappa shape index (κ3) is 83.4. The number of nitrogens with zero attached hydrogens (tertiary/aromatic N) is 1. The molecule has 0 aromatic carbocycles. The standard InChI is InChI=1S/C88H172NO8P/c1-6-8-10-12-14-16-18-20-22-24-26-28-30-32-34-36-38-40-41-42-43-44-45-46-47-49-51-53-55-57-59-61-63-65-67-69-71-73-75-77-79-81-88(91)97-86(85-96-98(92,93)95-83-82-89(3,4)5)84-94-87(90)80-78-76-74-72-70-68-66-64-62-60-58-56-54-52-50-48-39-37-35-33-31-29-27-25-23-21-19-17-15-13-11-9-7-2/h24-27,86H,6-23,28-85H2,1-5H3/p+1/b26-24-,27-25-. The van der Waals surface area contributed by atoms with Gasteiger partial charge in [0, 0.05) is 12.8 Å². The molecule has 0 aliphatic heterocycles. The van der Waals surface area contributed by atoms with E-state index in [2.05, 4.69) is 38.2 Å². The lowest BCUT2D eigenvalue weighted by Gasteiger charge is -2.24. The normalized spacial score (nSPS) is 13.0. The number of phosphoric acid groups is 1. The van der Waals surface area contributed by atoms with Crippen molar-refractivity contribution in [1.82, 2.24) is 0 Å². The van der Waals surface area contributed by atoms with Gasteiger partial charge >= 0.3 is 19.8 Å². The molecule has 0 aromatic rings. The van der Waals surface area contributed by atoms with Crippen LogP contribution in [-0.2, 0) is 32.7 Å². The highest BCUT2D eigenvalue weighted by Crippen LogP contribution is 2.43. The van der Waals surface area contributed by atoms with Gasteiger partial charge in [-0.05, 0) is 64.2 Å². The second kappa shape index (κ2) is 79.6. The van der Waals surface area contributed by atoms with Gasteiger partial charge in [-0.15, -0.1) is 0 Å². The van der Waals surface area contributed by atoms with Crippen LogP contribution in [0.3, 0.4) is 0 Å². The van der Waals surface area contributed by atoms with Crippen molar-refractivity contribution in [2.75, 3.05) is 47.5 Å². The van der Waals surface area contributed by atoms with Crippen LogP contribution >= 0.6 is 7.82 Å². The van der Waals surface area contributed by atoms with Crippen molar-refractivity contribution >= 4 is 19.8 Å². The predicted molar refractivity (Wildman–Crippen MR) is 428 cm³/mol. The number of carbonyl (C=O) groups is 2. The molecule has 0 bridgehead atoms. The molecule has 0 aromatic heterocycles. The Bertz CT molecular complexity index is 1700. The Morgan fingerprint density at radius 1 is 0.306 bits per heavy atom. The molecule has 0 radical (unpaired) electrons. The first-order valence-corrected chi connectivity index (χ1v) is 45.6. The van der Waals surface area contributed by atoms with E-state index in [0.717, 1.165) is 38.5 Å². The molecule has 0 rings (SSSR count). The number of allylic oxidation sites excluding steroid dienone is 4. The van der Waals surface area contributed by atoms with Gasteiger partial charge < -0.3 is 18.9 Å². The van der Waals surface area contributed by atoms with Crippen molar-refractivity contribution in [3.05, 3.63) is 24.3 Å². The first-order valence-electron chi connectivity index (χ1n) is 44.1. The molecule has 0 saturated heterocycles. The van der Waals surface area contributed by atoms with Crippen molar-refractivity contribution in [1.29, 1.82) is 0 Å². The summed E-state index contributed by atoms with van der Waals surface area (Å²) in [7, 11) is 1.51. The smallest absolute Gasteiger partial charge is 0.462 e. The van der Waals surface area contributed by atoms with Gasteiger partial charge in [-0.3, -0.25) is 18.6 Å². The van der Waals surface area contributed by atoms with E-state index in [4.69, 9.17) is 18.5 Å². The van der Waals surface area contributed by atoms with Crippen LogP contribution in [0.1, 0.15) is 476 Å². The third-order valence-corrected chi connectivity index (χ3v) is 21.4. The monoisotopic (exact) mass is 1400 g/mol. The van der Waals surface area contributed by atoms with E-state index < -0.39 is 26.5 Å². The molecule has 0 saturated carbocycles. The molecule has 0 aliphatic carbocycles. The van der Waals surface area contributed by atoms with E-state index in [-0.39, 0.29) is 25.6 Å². The average Bonchev–Trinajstić information content (AvgIpc) is 1.08. The van der Waals surface area contributed by atoms with E-state index in [9.17, 15) is 19.0 Å². The van der Waals surface area contributed by atoms with Crippen LogP contribution in [0.4, 0.5) is 0 Å².